The minimum absolute atomic E-state index is 0.0776. The number of likely N-dealkylation sites (tertiary alicyclic amines) is 1. The van der Waals surface area contributed by atoms with E-state index in [1.807, 2.05) is 0 Å². The Kier molecular flexibility index (Phi) is 5.28. The summed E-state index contributed by atoms with van der Waals surface area (Å²) in [4.78, 5) is 25.2. The smallest absolute Gasteiger partial charge is 0.306 e. The molecule has 0 N–H and O–H groups in total. The Morgan fingerprint density at radius 1 is 1.27 bits per heavy atom. The molecule has 138 valence electrons. The van der Waals surface area contributed by atoms with Crippen LogP contribution in [0.15, 0.2) is 29.2 Å². The molecule has 0 aromatic heterocycles. The van der Waals surface area contributed by atoms with E-state index in [0.29, 0.717) is 39.0 Å². The van der Waals surface area contributed by atoms with Crippen molar-refractivity contribution in [3.63, 3.8) is 0 Å². The predicted molar refractivity (Wildman–Crippen MR) is 91.7 cm³/mol. The van der Waals surface area contributed by atoms with E-state index in [0.717, 1.165) is 5.56 Å². The molecule has 2 fully saturated rings. The second kappa shape index (κ2) is 7.46. The number of esters is 1. The van der Waals surface area contributed by atoms with E-state index in [1.165, 1.54) is 12.1 Å². The molecule has 2 aliphatic heterocycles. The fourth-order valence-corrected chi connectivity index (χ4v) is 4.13. The molecule has 1 aromatic carbocycles. The van der Waals surface area contributed by atoms with E-state index in [4.69, 9.17) is 10.00 Å². The molecule has 2 saturated heterocycles. The largest absolute Gasteiger partial charge is 0.465 e. The molecule has 0 bridgehead atoms. The van der Waals surface area contributed by atoms with Gasteiger partial charge in [0.2, 0.25) is 5.91 Å². The highest BCUT2D eigenvalue weighted by Crippen LogP contribution is 2.29. The van der Waals surface area contributed by atoms with Crippen LogP contribution in [0.2, 0.25) is 0 Å². The molecule has 0 radical (unpaired) electrons. The molecule has 26 heavy (non-hydrogen) atoms. The standard InChI is InChI=1S/C18H20N2O5S/c19-7-8-26(23,24)16-4-2-14(3-5-16)15-10-20(11-15)17(21)6-1-13-9-18(22)25-12-13/h2-5,13,15H,1,6,8-12H2/t13-/m0/s1. The topological polar surface area (TPSA) is 105 Å². The summed E-state index contributed by atoms with van der Waals surface area (Å²) >= 11 is 0. The first-order valence-corrected chi connectivity index (χ1v) is 10.2. The average Bonchev–Trinajstić information content (AvgIpc) is 2.97. The Morgan fingerprint density at radius 2 is 1.96 bits per heavy atom. The second-order valence-electron chi connectivity index (χ2n) is 6.77. The molecule has 0 aliphatic carbocycles. The summed E-state index contributed by atoms with van der Waals surface area (Å²) in [7, 11) is -3.55. The van der Waals surface area contributed by atoms with Gasteiger partial charge in [0, 0.05) is 31.3 Å². The lowest BCUT2D eigenvalue weighted by Gasteiger charge is -2.40. The van der Waals surface area contributed by atoms with Gasteiger partial charge in [-0.2, -0.15) is 5.26 Å². The number of benzene rings is 1. The van der Waals surface area contributed by atoms with Gasteiger partial charge < -0.3 is 9.64 Å². The van der Waals surface area contributed by atoms with Gasteiger partial charge in [0.15, 0.2) is 9.84 Å². The molecule has 0 saturated carbocycles. The Morgan fingerprint density at radius 3 is 2.54 bits per heavy atom. The van der Waals surface area contributed by atoms with Gasteiger partial charge in [-0.25, -0.2) is 8.42 Å². The van der Waals surface area contributed by atoms with E-state index >= 15 is 0 Å². The van der Waals surface area contributed by atoms with Crippen molar-refractivity contribution in [3.05, 3.63) is 29.8 Å². The molecule has 0 spiro atoms. The lowest BCUT2D eigenvalue weighted by molar-refractivity contribution is -0.138. The van der Waals surface area contributed by atoms with Gasteiger partial charge in [-0.3, -0.25) is 9.59 Å². The van der Waals surface area contributed by atoms with Crippen molar-refractivity contribution < 1.29 is 22.7 Å². The van der Waals surface area contributed by atoms with Crippen LogP contribution in [0.1, 0.15) is 30.7 Å². The first-order chi connectivity index (χ1) is 12.4. The number of carbonyl (C=O) groups excluding carboxylic acids is 2. The first-order valence-electron chi connectivity index (χ1n) is 8.52. The highest BCUT2D eigenvalue weighted by atomic mass is 32.2. The lowest BCUT2D eigenvalue weighted by Crippen LogP contribution is -2.48. The normalized spacial score (nSPS) is 20.3. The maximum absolute atomic E-state index is 12.2. The van der Waals surface area contributed by atoms with Crippen LogP contribution in [0.3, 0.4) is 0 Å². The summed E-state index contributed by atoms with van der Waals surface area (Å²) in [5, 5.41) is 8.57. The van der Waals surface area contributed by atoms with E-state index in [2.05, 4.69) is 0 Å². The maximum atomic E-state index is 12.2. The van der Waals surface area contributed by atoms with Crippen LogP contribution in [0.5, 0.6) is 0 Å². The molecule has 8 heteroatoms. The highest BCUT2D eigenvalue weighted by Gasteiger charge is 2.32. The van der Waals surface area contributed by atoms with Crippen molar-refractivity contribution >= 4 is 21.7 Å². The van der Waals surface area contributed by atoms with Crippen molar-refractivity contribution in [2.24, 2.45) is 5.92 Å². The Bertz CT molecular complexity index is 835. The Balaban J connectivity index is 1.48. The lowest BCUT2D eigenvalue weighted by atomic mass is 9.91. The van der Waals surface area contributed by atoms with Crippen LogP contribution in [-0.4, -0.2) is 50.6 Å². The number of nitrogens with zero attached hydrogens (tertiary/aromatic N) is 2. The fraction of sp³-hybridized carbons (Fsp3) is 0.500. The molecule has 1 atom stereocenters. The van der Waals surface area contributed by atoms with E-state index in [1.54, 1.807) is 23.1 Å². The molecular weight excluding hydrogens is 356 g/mol. The summed E-state index contributed by atoms with van der Waals surface area (Å²) in [5.41, 5.74) is 0.986. The van der Waals surface area contributed by atoms with Gasteiger partial charge in [0.05, 0.1) is 24.0 Å². The van der Waals surface area contributed by atoms with Gasteiger partial charge in [-0.05, 0) is 24.1 Å². The number of ether oxygens (including phenoxy) is 1. The molecule has 2 aliphatic rings. The quantitative estimate of drug-likeness (QED) is 0.692. The summed E-state index contributed by atoms with van der Waals surface area (Å²) < 4.78 is 28.6. The van der Waals surface area contributed by atoms with Crippen LogP contribution in [0.4, 0.5) is 0 Å². The van der Waals surface area contributed by atoms with Gasteiger partial charge in [0.25, 0.3) is 0 Å². The summed E-state index contributed by atoms with van der Waals surface area (Å²) in [5.74, 6) is -0.301. The molecule has 7 nitrogen and oxygen atoms in total. The van der Waals surface area contributed by atoms with Gasteiger partial charge in [-0.1, -0.05) is 12.1 Å². The Hall–Kier alpha value is -2.40. The van der Waals surface area contributed by atoms with Crippen molar-refractivity contribution in [1.82, 2.24) is 4.90 Å². The molecule has 1 amide bonds. The Labute approximate surface area is 152 Å². The van der Waals surface area contributed by atoms with Gasteiger partial charge in [-0.15, -0.1) is 0 Å². The third kappa shape index (κ3) is 4.05. The van der Waals surface area contributed by atoms with Crippen molar-refractivity contribution in [1.29, 1.82) is 5.26 Å². The zero-order valence-electron chi connectivity index (χ0n) is 14.3. The minimum atomic E-state index is -3.55. The fourth-order valence-electron chi connectivity index (χ4n) is 3.24. The zero-order valence-corrected chi connectivity index (χ0v) is 15.1. The number of hydrogen-bond acceptors (Lipinski definition) is 6. The van der Waals surface area contributed by atoms with Crippen LogP contribution >= 0.6 is 0 Å². The van der Waals surface area contributed by atoms with Crippen LogP contribution < -0.4 is 0 Å². The van der Waals surface area contributed by atoms with E-state index < -0.39 is 15.6 Å². The number of rotatable bonds is 6. The number of nitriles is 1. The molecular formula is C18H20N2O5S. The predicted octanol–water partition coefficient (Wildman–Crippen LogP) is 1.25. The third-order valence-corrected chi connectivity index (χ3v) is 6.40. The van der Waals surface area contributed by atoms with Crippen LogP contribution in [0.25, 0.3) is 0 Å². The molecule has 0 unspecified atom stereocenters. The number of sulfone groups is 1. The first kappa shape index (κ1) is 18.4. The molecule has 2 heterocycles. The summed E-state index contributed by atoms with van der Waals surface area (Å²) in [6.07, 6.45) is 1.48. The number of carbonyl (C=O) groups is 2. The van der Waals surface area contributed by atoms with E-state index in [9.17, 15) is 18.0 Å². The maximum Gasteiger partial charge on any atom is 0.306 e. The number of amides is 1. The summed E-state index contributed by atoms with van der Waals surface area (Å²) in [6, 6.07) is 8.19. The summed E-state index contributed by atoms with van der Waals surface area (Å²) in [6.45, 7) is 1.64. The van der Waals surface area contributed by atoms with Crippen molar-refractivity contribution in [3.8, 4) is 6.07 Å². The monoisotopic (exact) mass is 376 g/mol. The zero-order chi connectivity index (χ0) is 18.7. The minimum Gasteiger partial charge on any atom is -0.465 e. The number of hydrogen-bond donors (Lipinski definition) is 0. The highest BCUT2D eigenvalue weighted by molar-refractivity contribution is 7.91. The molecule has 3 rings (SSSR count). The number of cyclic esters (lactones) is 1. The van der Waals surface area contributed by atoms with Gasteiger partial charge in [0.1, 0.15) is 5.75 Å². The van der Waals surface area contributed by atoms with Crippen LogP contribution in [0, 0.1) is 17.2 Å². The van der Waals surface area contributed by atoms with Crippen molar-refractivity contribution in [2.75, 3.05) is 25.4 Å². The third-order valence-electron chi connectivity index (χ3n) is 4.90. The average molecular weight is 376 g/mol. The van der Waals surface area contributed by atoms with Crippen LogP contribution in [-0.2, 0) is 24.2 Å². The second-order valence-corrected chi connectivity index (χ2v) is 8.76. The van der Waals surface area contributed by atoms with Crippen molar-refractivity contribution in [2.45, 2.75) is 30.1 Å². The SMILES string of the molecule is N#CCS(=O)(=O)c1ccc(C2CN(C(=O)CC[C@@H]3COC(=O)C3)C2)cc1. The van der Waals surface area contributed by atoms with Gasteiger partial charge >= 0.3 is 5.97 Å². The van der Waals surface area contributed by atoms with E-state index in [-0.39, 0.29) is 28.6 Å². The molecule has 1 aromatic rings.